The van der Waals surface area contributed by atoms with Crippen molar-refractivity contribution < 1.29 is 24.2 Å². The molecule has 0 spiro atoms. The summed E-state index contributed by atoms with van der Waals surface area (Å²) in [5, 5.41) is 4.33. The summed E-state index contributed by atoms with van der Waals surface area (Å²) in [5.41, 5.74) is 11.5. The van der Waals surface area contributed by atoms with Crippen LogP contribution in [-0.2, 0) is 20.1 Å². The van der Waals surface area contributed by atoms with E-state index in [1.54, 1.807) is 18.3 Å². The van der Waals surface area contributed by atoms with Crippen molar-refractivity contribution in [3.63, 3.8) is 0 Å². The summed E-state index contributed by atoms with van der Waals surface area (Å²) in [6, 6.07) is 55.7. The molecule has 0 saturated carbocycles. The Morgan fingerprint density at radius 1 is 0.686 bits per heavy atom. The van der Waals surface area contributed by atoms with Crippen molar-refractivity contribution in [2.24, 2.45) is 0 Å². The van der Waals surface area contributed by atoms with Crippen molar-refractivity contribution in [2.75, 3.05) is 0 Å². The van der Waals surface area contributed by atoms with Gasteiger partial charge in [-0.3, -0.25) is 16.3 Å². The minimum Gasteiger partial charge on any atom is -0.332 e. The number of benzene rings is 6. The molecule has 0 unspecified atom stereocenters. The van der Waals surface area contributed by atoms with E-state index in [1.165, 1.54) is 11.3 Å². The van der Waals surface area contributed by atoms with E-state index in [-0.39, 0.29) is 20.1 Å². The van der Waals surface area contributed by atoms with E-state index in [1.807, 2.05) is 78.9 Å². The predicted molar refractivity (Wildman–Crippen MR) is 210 cm³/mol. The van der Waals surface area contributed by atoms with Crippen LogP contribution in [0, 0.1) is 25.2 Å². The van der Waals surface area contributed by atoms with E-state index in [9.17, 15) is 0 Å². The fourth-order valence-corrected chi connectivity index (χ4v) is 7.15. The van der Waals surface area contributed by atoms with E-state index < -0.39 is 6.85 Å². The van der Waals surface area contributed by atoms with Gasteiger partial charge in [-0.15, -0.1) is 47.3 Å². The van der Waals surface area contributed by atoms with E-state index in [0.29, 0.717) is 5.56 Å². The molecule has 0 aliphatic rings. The molecule has 51 heavy (non-hydrogen) atoms. The normalized spacial score (nSPS) is 11.9. The van der Waals surface area contributed by atoms with Gasteiger partial charge < -0.3 is 9.55 Å². The molecule has 0 aliphatic heterocycles. The number of imidazole rings is 1. The Bertz CT molecular complexity index is 2560. The Labute approximate surface area is 320 Å². The average Bonchev–Trinajstić information content (AvgIpc) is 3.80. The largest absolute Gasteiger partial charge is 0.332 e. The van der Waals surface area contributed by atoms with Gasteiger partial charge in [0.25, 0.3) is 0 Å². The predicted octanol–water partition coefficient (Wildman–Crippen LogP) is 12.2. The summed E-state index contributed by atoms with van der Waals surface area (Å²) < 4.78 is 27.3. The Kier molecular flexibility index (Phi) is 9.06. The molecule has 0 bridgehead atoms. The van der Waals surface area contributed by atoms with Crippen LogP contribution in [-0.4, -0.2) is 14.5 Å². The van der Waals surface area contributed by atoms with Gasteiger partial charge in [-0.05, 0) is 66.5 Å². The van der Waals surface area contributed by atoms with Crippen LogP contribution in [0.2, 0.25) is 0 Å². The van der Waals surface area contributed by atoms with E-state index in [2.05, 4.69) is 94.7 Å². The number of nitrogens with zero attached hydrogens (tertiary/aromatic N) is 3. The zero-order chi connectivity index (χ0) is 36.4. The van der Waals surface area contributed by atoms with E-state index >= 15 is 0 Å². The van der Waals surface area contributed by atoms with Gasteiger partial charge in [0.15, 0.2) is 0 Å². The Morgan fingerprint density at radius 3 is 2.04 bits per heavy atom. The minimum absolute atomic E-state index is 0. The van der Waals surface area contributed by atoms with Crippen molar-refractivity contribution in [3.8, 4) is 50.6 Å². The molecule has 249 valence electrons. The van der Waals surface area contributed by atoms with Crippen molar-refractivity contribution >= 4 is 32.5 Å². The first-order valence-corrected chi connectivity index (χ1v) is 17.2. The second-order valence-corrected chi connectivity index (χ2v) is 12.8. The van der Waals surface area contributed by atoms with Crippen LogP contribution in [0.3, 0.4) is 0 Å². The third-order valence-corrected chi connectivity index (χ3v) is 9.48. The summed E-state index contributed by atoms with van der Waals surface area (Å²) in [5.74, 6) is 0.735. The van der Waals surface area contributed by atoms with Gasteiger partial charge in [0.1, 0.15) is 0 Å². The monoisotopic (exact) mass is 855 g/mol. The minimum atomic E-state index is -2.20. The standard InChI is InChI=1S/C35H25N2S.C11H8N.Ir/c1-23-17-18-33-29(19-23)30(22-38-33)35-36-31-15-9-10-16-32(31)37(35)34-27(25-11-5-3-6-12-25)20-24(2)21-28(34)26-13-7-4-8-14-26;1-2-6-10(7-3-1)11-8-4-5-9-12-11;/h3-21H,1-2H3;1-6,8-9H;/q2*-1;/i1D3;;. The van der Waals surface area contributed by atoms with Gasteiger partial charge in [0, 0.05) is 41.5 Å². The molecule has 0 atom stereocenters. The maximum absolute atomic E-state index is 8.01. The number of para-hydroxylation sites is 2. The van der Waals surface area contributed by atoms with Gasteiger partial charge in [0.05, 0.1) is 22.5 Å². The SMILES string of the molecule is [2H]C([2H])([2H])c1ccc2s[c-]c(-c3nc4ccccc4n3-c3c(-c4ccccc4)cc(C)cc3-c3ccccc3)c2c1.[Ir].[c-]1ccccc1-c1ccccn1. The number of hydrogen-bond donors (Lipinski definition) is 0. The maximum atomic E-state index is 8.01. The van der Waals surface area contributed by atoms with Gasteiger partial charge >= 0.3 is 0 Å². The molecule has 1 radical (unpaired) electrons. The van der Waals surface area contributed by atoms with E-state index in [4.69, 9.17) is 9.10 Å². The molecular weight excluding hydrogens is 819 g/mol. The Balaban J connectivity index is 0.000000294. The average molecular weight is 855 g/mol. The second kappa shape index (κ2) is 15.2. The molecule has 0 amide bonds. The molecular formula is C46H33IrN3S-2. The zero-order valence-corrected chi connectivity index (χ0v) is 30.9. The first kappa shape index (κ1) is 30.4. The molecule has 3 aromatic heterocycles. The molecule has 9 aromatic rings. The fraction of sp³-hybridized carbons (Fsp3) is 0.0435. The summed E-state index contributed by atoms with van der Waals surface area (Å²) in [6.45, 7) is -0.0719. The Morgan fingerprint density at radius 2 is 1.37 bits per heavy atom. The zero-order valence-electron chi connectivity index (χ0n) is 30.7. The first-order valence-electron chi connectivity index (χ1n) is 17.9. The number of aromatic nitrogens is 3. The van der Waals surface area contributed by atoms with Gasteiger partial charge in [0.2, 0.25) is 0 Å². The van der Waals surface area contributed by atoms with E-state index in [0.717, 1.165) is 77.3 Å². The van der Waals surface area contributed by atoms with Crippen LogP contribution in [0.1, 0.15) is 15.2 Å². The molecule has 9 rings (SSSR count). The van der Waals surface area contributed by atoms with Crippen molar-refractivity contribution in [3.05, 3.63) is 186 Å². The summed E-state index contributed by atoms with van der Waals surface area (Å²) in [4.78, 5) is 9.38. The molecule has 5 heteroatoms. The third-order valence-electron chi connectivity index (χ3n) is 8.59. The van der Waals surface area contributed by atoms with Gasteiger partial charge in [-0.1, -0.05) is 118 Å². The topological polar surface area (TPSA) is 30.7 Å². The van der Waals surface area contributed by atoms with Crippen LogP contribution < -0.4 is 0 Å². The van der Waals surface area contributed by atoms with Crippen LogP contribution in [0.25, 0.3) is 71.7 Å². The third kappa shape index (κ3) is 6.97. The smallest absolute Gasteiger partial charge is 0.0774 e. The number of pyridine rings is 1. The van der Waals surface area contributed by atoms with Crippen molar-refractivity contribution in [1.29, 1.82) is 0 Å². The van der Waals surface area contributed by atoms with Crippen molar-refractivity contribution in [2.45, 2.75) is 13.8 Å². The van der Waals surface area contributed by atoms with Crippen LogP contribution in [0.4, 0.5) is 0 Å². The van der Waals surface area contributed by atoms with Crippen LogP contribution >= 0.6 is 11.3 Å². The maximum Gasteiger partial charge on any atom is 0.0774 e. The fourth-order valence-electron chi connectivity index (χ4n) is 6.33. The summed E-state index contributed by atoms with van der Waals surface area (Å²) in [7, 11) is 0. The number of thiophene rings is 1. The molecule has 6 aromatic carbocycles. The second-order valence-electron chi connectivity index (χ2n) is 12.0. The first-order chi connectivity index (χ1) is 25.8. The molecule has 0 aliphatic carbocycles. The number of hydrogen-bond acceptors (Lipinski definition) is 3. The molecule has 0 saturated heterocycles. The molecule has 3 nitrogen and oxygen atoms in total. The number of rotatable bonds is 5. The van der Waals surface area contributed by atoms with Crippen LogP contribution in [0.5, 0.6) is 0 Å². The summed E-state index contributed by atoms with van der Waals surface area (Å²) >= 11 is 1.48. The van der Waals surface area contributed by atoms with Gasteiger partial charge in [-0.2, -0.15) is 0 Å². The number of aryl methyl sites for hydroxylation is 2. The summed E-state index contributed by atoms with van der Waals surface area (Å²) in [6.07, 6.45) is 1.79. The Hall–Kier alpha value is -5.45. The van der Waals surface area contributed by atoms with Crippen LogP contribution in [0.15, 0.2) is 164 Å². The van der Waals surface area contributed by atoms with Crippen molar-refractivity contribution in [1.82, 2.24) is 14.5 Å². The number of fused-ring (bicyclic) bond motifs is 2. The molecule has 0 N–H and O–H groups in total. The van der Waals surface area contributed by atoms with Gasteiger partial charge in [-0.25, -0.2) is 0 Å². The molecule has 3 heterocycles. The molecule has 0 fully saturated rings. The quantitative estimate of drug-likeness (QED) is 0.162.